The van der Waals surface area contributed by atoms with Gasteiger partial charge in [-0.25, -0.2) is 5.43 Å². The molecule has 7 nitrogen and oxygen atoms in total. The predicted molar refractivity (Wildman–Crippen MR) is 126 cm³/mol. The Morgan fingerprint density at radius 2 is 1.66 bits per heavy atom. The standard InChI is InChI=1S/C24H20BrN3O4/c1-32-21-14-17(12-19(25)22(21)29)15-26-28-24(31)20(13-16-8-4-2-5-9-16)27-23(30)18-10-6-3-7-11-18/h2-15,29H,1H3,(H,27,30)(H,28,31). The van der Waals surface area contributed by atoms with Gasteiger partial charge in [-0.3, -0.25) is 9.59 Å². The third-order valence-corrected chi connectivity index (χ3v) is 4.89. The van der Waals surface area contributed by atoms with E-state index in [0.717, 1.165) is 5.56 Å². The Kier molecular flexibility index (Phi) is 7.77. The van der Waals surface area contributed by atoms with Crippen molar-refractivity contribution in [3.05, 3.63) is 99.7 Å². The number of hydrogen-bond acceptors (Lipinski definition) is 5. The highest BCUT2D eigenvalue weighted by Gasteiger charge is 2.14. The van der Waals surface area contributed by atoms with Gasteiger partial charge < -0.3 is 15.2 Å². The molecule has 32 heavy (non-hydrogen) atoms. The van der Waals surface area contributed by atoms with Crippen LogP contribution in [0.3, 0.4) is 0 Å². The van der Waals surface area contributed by atoms with Gasteiger partial charge in [0.05, 0.1) is 17.8 Å². The largest absolute Gasteiger partial charge is 0.503 e. The van der Waals surface area contributed by atoms with Crippen LogP contribution in [0.4, 0.5) is 0 Å². The number of methoxy groups -OCH3 is 1. The lowest BCUT2D eigenvalue weighted by Gasteiger charge is -2.09. The van der Waals surface area contributed by atoms with E-state index in [4.69, 9.17) is 4.74 Å². The van der Waals surface area contributed by atoms with Gasteiger partial charge in [-0.05, 0) is 57.4 Å². The molecule has 0 aliphatic heterocycles. The molecule has 3 N–H and O–H groups in total. The number of nitrogens with zero attached hydrogens (tertiary/aromatic N) is 1. The van der Waals surface area contributed by atoms with Crippen LogP contribution in [0.1, 0.15) is 21.5 Å². The van der Waals surface area contributed by atoms with Crippen molar-refractivity contribution < 1.29 is 19.4 Å². The first-order valence-electron chi connectivity index (χ1n) is 9.51. The average molecular weight is 494 g/mol. The quantitative estimate of drug-likeness (QED) is 0.262. The van der Waals surface area contributed by atoms with Crippen molar-refractivity contribution in [3.63, 3.8) is 0 Å². The number of ether oxygens (including phenoxy) is 1. The molecular formula is C24H20BrN3O4. The molecule has 0 bridgehead atoms. The number of carbonyl (C=O) groups is 2. The summed E-state index contributed by atoms with van der Waals surface area (Å²) < 4.78 is 5.52. The Labute approximate surface area is 193 Å². The summed E-state index contributed by atoms with van der Waals surface area (Å²) in [4.78, 5) is 25.3. The highest BCUT2D eigenvalue weighted by Crippen LogP contribution is 2.34. The van der Waals surface area contributed by atoms with E-state index in [1.54, 1.807) is 48.5 Å². The molecule has 0 spiro atoms. The molecule has 0 unspecified atom stereocenters. The maximum Gasteiger partial charge on any atom is 0.287 e. The number of amides is 2. The minimum absolute atomic E-state index is 0.0340. The first-order chi connectivity index (χ1) is 15.5. The average Bonchev–Trinajstić information content (AvgIpc) is 2.81. The smallest absolute Gasteiger partial charge is 0.287 e. The fourth-order valence-corrected chi connectivity index (χ4v) is 3.17. The summed E-state index contributed by atoms with van der Waals surface area (Å²) in [6, 6.07) is 20.9. The molecular weight excluding hydrogens is 474 g/mol. The Bertz CT molecular complexity index is 1160. The second kappa shape index (κ2) is 10.9. The maximum absolute atomic E-state index is 12.8. The van der Waals surface area contributed by atoms with E-state index in [9.17, 15) is 14.7 Å². The second-order valence-corrected chi connectivity index (χ2v) is 7.40. The summed E-state index contributed by atoms with van der Waals surface area (Å²) >= 11 is 3.23. The lowest BCUT2D eigenvalue weighted by Crippen LogP contribution is -2.32. The fraction of sp³-hybridized carbons (Fsp3) is 0.0417. The van der Waals surface area contributed by atoms with Crippen LogP contribution in [0.15, 0.2) is 88.1 Å². The number of hydrogen-bond donors (Lipinski definition) is 3. The minimum Gasteiger partial charge on any atom is -0.503 e. The molecule has 3 rings (SSSR count). The van der Waals surface area contributed by atoms with E-state index in [2.05, 4.69) is 31.8 Å². The van der Waals surface area contributed by atoms with E-state index in [1.807, 2.05) is 30.3 Å². The summed E-state index contributed by atoms with van der Waals surface area (Å²) in [6.45, 7) is 0. The van der Waals surface area contributed by atoms with Gasteiger partial charge in [0.25, 0.3) is 11.8 Å². The zero-order valence-electron chi connectivity index (χ0n) is 17.1. The highest BCUT2D eigenvalue weighted by atomic mass is 79.9. The van der Waals surface area contributed by atoms with Crippen LogP contribution in [0.5, 0.6) is 11.5 Å². The van der Waals surface area contributed by atoms with E-state index in [0.29, 0.717) is 15.6 Å². The van der Waals surface area contributed by atoms with Crippen LogP contribution in [-0.2, 0) is 4.79 Å². The first-order valence-corrected chi connectivity index (χ1v) is 10.3. The SMILES string of the molecule is COc1cc(C=NNC(=O)C(=Cc2ccccc2)NC(=O)c2ccccc2)cc(Br)c1O. The number of carbonyl (C=O) groups excluding carboxylic acids is 2. The van der Waals surface area contributed by atoms with Gasteiger partial charge in [-0.15, -0.1) is 0 Å². The number of aromatic hydroxyl groups is 1. The van der Waals surface area contributed by atoms with Crippen molar-refractivity contribution in [3.8, 4) is 11.5 Å². The predicted octanol–water partition coefficient (Wildman–Crippen LogP) is 4.08. The Hall–Kier alpha value is -3.91. The fourth-order valence-electron chi connectivity index (χ4n) is 2.71. The molecule has 0 atom stereocenters. The van der Waals surface area contributed by atoms with Gasteiger partial charge in [-0.1, -0.05) is 48.5 Å². The molecule has 0 aliphatic rings. The maximum atomic E-state index is 12.8. The summed E-state index contributed by atoms with van der Waals surface area (Å²) in [5.74, 6) is -0.796. The lowest BCUT2D eigenvalue weighted by atomic mass is 10.1. The van der Waals surface area contributed by atoms with E-state index in [-0.39, 0.29) is 17.2 Å². The number of phenols is 1. The van der Waals surface area contributed by atoms with E-state index >= 15 is 0 Å². The van der Waals surface area contributed by atoms with Crippen molar-refractivity contribution in [2.75, 3.05) is 7.11 Å². The van der Waals surface area contributed by atoms with Crippen molar-refractivity contribution >= 4 is 40.0 Å². The van der Waals surface area contributed by atoms with Crippen LogP contribution < -0.4 is 15.5 Å². The van der Waals surface area contributed by atoms with Gasteiger partial charge >= 0.3 is 0 Å². The Balaban J connectivity index is 1.79. The van der Waals surface area contributed by atoms with Crippen LogP contribution in [0.2, 0.25) is 0 Å². The zero-order chi connectivity index (χ0) is 22.9. The van der Waals surface area contributed by atoms with Crippen molar-refractivity contribution in [2.45, 2.75) is 0 Å². The summed E-state index contributed by atoms with van der Waals surface area (Å²) in [7, 11) is 1.43. The van der Waals surface area contributed by atoms with Gasteiger partial charge in [0.2, 0.25) is 0 Å². The zero-order valence-corrected chi connectivity index (χ0v) is 18.7. The number of halogens is 1. The number of nitrogens with one attached hydrogen (secondary N) is 2. The molecule has 3 aromatic carbocycles. The first kappa shape index (κ1) is 22.8. The summed E-state index contributed by atoms with van der Waals surface area (Å²) in [6.07, 6.45) is 2.95. The molecule has 162 valence electrons. The highest BCUT2D eigenvalue weighted by molar-refractivity contribution is 9.10. The third-order valence-electron chi connectivity index (χ3n) is 4.29. The number of benzene rings is 3. The summed E-state index contributed by atoms with van der Waals surface area (Å²) in [5.41, 5.74) is 4.18. The van der Waals surface area contributed by atoms with Crippen LogP contribution >= 0.6 is 15.9 Å². The molecule has 0 heterocycles. The van der Waals surface area contributed by atoms with Gasteiger partial charge in [0.1, 0.15) is 5.70 Å². The van der Waals surface area contributed by atoms with Crippen molar-refractivity contribution in [1.82, 2.24) is 10.7 Å². The minimum atomic E-state index is -0.598. The van der Waals surface area contributed by atoms with Crippen molar-refractivity contribution in [1.29, 1.82) is 0 Å². The molecule has 3 aromatic rings. The topological polar surface area (TPSA) is 100 Å². The molecule has 0 saturated heterocycles. The normalized spacial score (nSPS) is 11.2. The Morgan fingerprint density at radius 1 is 1.00 bits per heavy atom. The number of rotatable bonds is 7. The van der Waals surface area contributed by atoms with E-state index in [1.165, 1.54) is 13.3 Å². The van der Waals surface area contributed by atoms with E-state index < -0.39 is 11.8 Å². The van der Waals surface area contributed by atoms with Gasteiger partial charge in [0.15, 0.2) is 11.5 Å². The molecule has 2 amide bonds. The molecule has 8 heteroatoms. The molecule has 0 aliphatic carbocycles. The summed E-state index contributed by atoms with van der Waals surface area (Å²) in [5, 5.41) is 16.5. The number of phenolic OH excluding ortho intramolecular Hbond substituents is 1. The molecule has 0 aromatic heterocycles. The van der Waals surface area contributed by atoms with Gasteiger partial charge in [-0.2, -0.15) is 5.10 Å². The number of hydrazone groups is 1. The third kappa shape index (κ3) is 6.05. The molecule has 0 saturated carbocycles. The van der Waals surface area contributed by atoms with Crippen LogP contribution in [0.25, 0.3) is 6.08 Å². The van der Waals surface area contributed by atoms with Crippen LogP contribution in [-0.4, -0.2) is 30.2 Å². The monoisotopic (exact) mass is 493 g/mol. The lowest BCUT2D eigenvalue weighted by molar-refractivity contribution is -0.117. The Morgan fingerprint density at radius 3 is 2.31 bits per heavy atom. The molecule has 0 fully saturated rings. The van der Waals surface area contributed by atoms with Gasteiger partial charge in [0, 0.05) is 5.56 Å². The second-order valence-electron chi connectivity index (χ2n) is 6.54. The molecule has 0 radical (unpaired) electrons. The van der Waals surface area contributed by atoms with Crippen LogP contribution in [0, 0.1) is 0 Å². The van der Waals surface area contributed by atoms with Crippen molar-refractivity contribution in [2.24, 2.45) is 5.10 Å².